The van der Waals surface area contributed by atoms with Crippen LogP contribution in [-0.4, -0.2) is 5.78 Å². The molecule has 0 bridgehead atoms. The molecule has 0 unspecified atom stereocenters. The van der Waals surface area contributed by atoms with Gasteiger partial charge in [0.05, 0.1) is 0 Å². The molecule has 18 heavy (non-hydrogen) atoms. The molecule has 1 nitrogen and oxygen atoms in total. The first kappa shape index (κ1) is 12.9. The van der Waals surface area contributed by atoms with Gasteiger partial charge in [-0.25, -0.2) is 0 Å². The average Bonchev–Trinajstić information content (AvgIpc) is 2.39. The van der Waals surface area contributed by atoms with Gasteiger partial charge in [0.15, 0.2) is 5.78 Å². The Kier molecular flexibility index (Phi) is 4.19. The molecular weight excluding hydrogens is 267 g/mol. The predicted octanol–water partition coefficient (Wildman–Crippen LogP) is 4.86. The first-order valence-corrected chi connectivity index (χ1v) is 6.15. The third kappa shape index (κ3) is 3.22. The lowest BCUT2D eigenvalue weighted by atomic mass is 10.0. The summed E-state index contributed by atoms with van der Waals surface area (Å²) in [6.45, 7) is 0. The quantitative estimate of drug-likeness (QED) is 0.578. The molecule has 3 heteroatoms. The normalized spacial score (nSPS) is 9.89. The lowest BCUT2D eigenvalue weighted by Crippen LogP contribution is -1.93. The van der Waals surface area contributed by atoms with E-state index in [9.17, 15) is 4.79 Å². The van der Waals surface area contributed by atoms with Gasteiger partial charge in [-0.1, -0.05) is 77.8 Å². The summed E-state index contributed by atoms with van der Waals surface area (Å²) in [5, 5.41) is 0. The number of hydrogen-bond donors (Lipinski definition) is 0. The number of hydrogen-bond acceptors (Lipinski definition) is 1. The van der Waals surface area contributed by atoms with Crippen LogP contribution in [0.1, 0.15) is 10.4 Å². The van der Waals surface area contributed by atoms with Crippen LogP contribution >= 0.6 is 23.2 Å². The molecule has 0 aromatic heterocycles. The van der Waals surface area contributed by atoms with Crippen LogP contribution in [0.15, 0.2) is 65.2 Å². The Morgan fingerprint density at radius 3 is 1.94 bits per heavy atom. The van der Waals surface area contributed by atoms with Gasteiger partial charge in [0.2, 0.25) is 0 Å². The maximum Gasteiger partial charge on any atom is 0.188 e. The minimum absolute atomic E-state index is 0.0351. The predicted molar refractivity (Wildman–Crippen MR) is 76.0 cm³/mol. The highest BCUT2D eigenvalue weighted by atomic mass is 35.5. The van der Waals surface area contributed by atoms with Gasteiger partial charge in [-0.05, 0) is 11.1 Å². The highest BCUT2D eigenvalue weighted by Gasteiger charge is 2.04. The van der Waals surface area contributed by atoms with Crippen LogP contribution in [-0.2, 0) is 0 Å². The maximum absolute atomic E-state index is 11.7. The van der Waals surface area contributed by atoms with Crippen molar-refractivity contribution in [1.29, 1.82) is 0 Å². The number of carbonyl (C=O) groups is 1. The van der Waals surface area contributed by atoms with Crippen molar-refractivity contribution in [2.24, 2.45) is 0 Å². The van der Waals surface area contributed by atoms with Crippen molar-refractivity contribution in [3.63, 3.8) is 0 Å². The second kappa shape index (κ2) is 5.85. The number of ketones is 1. The van der Waals surface area contributed by atoms with E-state index in [1.54, 1.807) is 12.1 Å². The van der Waals surface area contributed by atoms with E-state index in [1.165, 1.54) is 6.08 Å². The van der Waals surface area contributed by atoms with Gasteiger partial charge in [0.25, 0.3) is 0 Å². The van der Waals surface area contributed by atoms with Gasteiger partial charge in [0, 0.05) is 11.6 Å². The highest BCUT2D eigenvalue weighted by molar-refractivity contribution is 6.57. The number of allylic oxidation sites excluding steroid dienone is 1. The van der Waals surface area contributed by atoms with Gasteiger partial charge < -0.3 is 0 Å². The Bertz CT molecular complexity index is 567. The van der Waals surface area contributed by atoms with Gasteiger partial charge in [-0.3, -0.25) is 4.79 Å². The molecule has 0 amide bonds. The smallest absolute Gasteiger partial charge is 0.188 e. The molecule has 0 aliphatic rings. The van der Waals surface area contributed by atoms with Crippen molar-refractivity contribution in [2.45, 2.75) is 0 Å². The van der Waals surface area contributed by atoms with Crippen LogP contribution in [0.4, 0.5) is 0 Å². The van der Waals surface area contributed by atoms with Crippen molar-refractivity contribution < 1.29 is 4.79 Å². The summed E-state index contributed by atoms with van der Waals surface area (Å²) in [5.41, 5.74) is 2.74. The fourth-order valence-corrected chi connectivity index (χ4v) is 1.84. The summed E-state index contributed by atoms with van der Waals surface area (Å²) in [6.07, 6.45) is 1.20. The van der Waals surface area contributed by atoms with Crippen LogP contribution < -0.4 is 0 Å². The first-order valence-electron chi connectivity index (χ1n) is 5.39. The maximum atomic E-state index is 11.7. The second-order valence-electron chi connectivity index (χ2n) is 3.74. The third-order valence-electron chi connectivity index (χ3n) is 2.52. The summed E-state index contributed by atoms with van der Waals surface area (Å²) in [5.74, 6) is -0.199. The third-order valence-corrected chi connectivity index (χ3v) is 2.73. The number of benzene rings is 2. The zero-order valence-electron chi connectivity index (χ0n) is 9.44. The number of halogens is 2. The molecule has 0 atom stereocenters. The Hall–Kier alpha value is -1.57. The standard InChI is InChI=1S/C15H10Cl2O/c16-15(17)10-14(18)13-8-6-12(7-9-13)11-4-2-1-3-5-11/h1-10H. The molecule has 0 radical (unpaired) electrons. The van der Waals surface area contributed by atoms with E-state index in [-0.39, 0.29) is 10.3 Å². The van der Waals surface area contributed by atoms with Crippen LogP contribution in [0.25, 0.3) is 11.1 Å². The van der Waals surface area contributed by atoms with E-state index in [1.807, 2.05) is 42.5 Å². The van der Waals surface area contributed by atoms with E-state index in [4.69, 9.17) is 23.2 Å². The minimum Gasteiger partial charge on any atom is -0.289 e. The largest absolute Gasteiger partial charge is 0.289 e. The first-order chi connectivity index (χ1) is 8.66. The molecule has 0 spiro atoms. The highest BCUT2D eigenvalue weighted by Crippen LogP contribution is 2.20. The van der Waals surface area contributed by atoms with Crippen molar-refractivity contribution in [2.75, 3.05) is 0 Å². The summed E-state index contributed by atoms with van der Waals surface area (Å²) in [4.78, 5) is 11.7. The van der Waals surface area contributed by atoms with E-state index in [2.05, 4.69) is 0 Å². The van der Waals surface area contributed by atoms with E-state index < -0.39 is 0 Å². The molecule has 0 N–H and O–H groups in total. The van der Waals surface area contributed by atoms with E-state index in [0.717, 1.165) is 11.1 Å². The van der Waals surface area contributed by atoms with Crippen molar-refractivity contribution in [3.05, 3.63) is 70.7 Å². The summed E-state index contributed by atoms with van der Waals surface area (Å²) in [7, 11) is 0. The SMILES string of the molecule is O=C(C=C(Cl)Cl)c1ccc(-c2ccccc2)cc1. The Morgan fingerprint density at radius 2 is 1.39 bits per heavy atom. The molecule has 0 saturated heterocycles. The molecule has 0 aliphatic heterocycles. The second-order valence-corrected chi connectivity index (χ2v) is 4.75. The molecule has 2 aromatic carbocycles. The molecule has 2 rings (SSSR count). The van der Waals surface area contributed by atoms with Crippen LogP contribution in [0.2, 0.25) is 0 Å². The van der Waals surface area contributed by atoms with Gasteiger partial charge in [-0.2, -0.15) is 0 Å². The molecule has 90 valence electrons. The molecular formula is C15H10Cl2O. The van der Waals surface area contributed by atoms with Crippen LogP contribution in [0, 0.1) is 0 Å². The Morgan fingerprint density at radius 1 is 0.833 bits per heavy atom. The topological polar surface area (TPSA) is 17.1 Å². The molecule has 2 aromatic rings. The molecule has 0 fully saturated rings. The monoisotopic (exact) mass is 276 g/mol. The fourth-order valence-electron chi connectivity index (χ4n) is 1.64. The number of carbonyl (C=O) groups excluding carboxylic acids is 1. The Labute approximate surface area is 116 Å². The van der Waals surface area contributed by atoms with Crippen LogP contribution in [0.3, 0.4) is 0 Å². The Balaban J connectivity index is 2.26. The summed E-state index contributed by atoms with van der Waals surface area (Å²) >= 11 is 10.9. The van der Waals surface area contributed by atoms with Crippen molar-refractivity contribution in [1.82, 2.24) is 0 Å². The zero-order chi connectivity index (χ0) is 13.0. The van der Waals surface area contributed by atoms with Crippen molar-refractivity contribution >= 4 is 29.0 Å². The molecule has 0 heterocycles. The minimum atomic E-state index is -0.199. The summed E-state index contributed by atoms with van der Waals surface area (Å²) in [6, 6.07) is 17.3. The van der Waals surface area contributed by atoms with Crippen LogP contribution in [0.5, 0.6) is 0 Å². The molecule has 0 saturated carbocycles. The van der Waals surface area contributed by atoms with Gasteiger partial charge in [-0.15, -0.1) is 0 Å². The lowest BCUT2D eigenvalue weighted by Gasteiger charge is -2.02. The molecule has 0 aliphatic carbocycles. The zero-order valence-corrected chi connectivity index (χ0v) is 10.9. The van der Waals surface area contributed by atoms with E-state index in [0.29, 0.717) is 5.56 Å². The van der Waals surface area contributed by atoms with Crippen molar-refractivity contribution in [3.8, 4) is 11.1 Å². The summed E-state index contributed by atoms with van der Waals surface area (Å²) < 4.78 is -0.0351. The lowest BCUT2D eigenvalue weighted by molar-refractivity contribution is 0.104. The van der Waals surface area contributed by atoms with E-state index >= 15 is 0 Å². The number of rotatable bonds is 3. The fraction of sp³-hybridized carbons (Fsp3) is 0. The average molecular weight is 277 g/mol. The van der Waals surface area contributed by atoms with Gasteiger partial charge in [0.1, 0.15) is 4.49 Å². The van der Waals surface area contributed by atoms with Gasteiger partial charge >= 0.3 is 0 Å².